The predicted octanol–water partition coefficient (Wildman–Crippen LogP) is 6.43. The van der Waals surface area contributed by atoms with Crippen LogP contribution in [0.4, 0.5) is 29.0 Å². The summed E-state index contributed by atoms with van der Waals surface area (Å²) < 4.78 is 2.15. The third kappa shape index (κ3) is 9.05. The van der Waals surface area contributed by atoms with Crippen LogP contribution in [0.15, 0.2) is 60.8 Å². The first-order valence-electron chi connectivity index (χ1n) is 17.9. The molecule has 1 amide bonds. The Bertz CT molecular complexity index is 1670. The number of para-hydroxylation sites is 1. The molecule has 49 heavy (non-hydrogen) atoms. The summed E-state index contributed by atoms with van der Waals surface area (Å²) in [6, 6.07) is 18.5. The molecule has 260 valence electrons. The van der Waals surface area contributed by atoms with E-state index >= 15 is 0 Å². The van der Waals surface area contributed by atoms with Gasteiger partial charge in [0.1, 0.15) is 5.52 Å². The maximum Gasteiger partial charge on any atom is 0.303 e. The largest absolute Gasteiger partial charge is 0.481 e. The van der Waals surface area contributed by atoms with Crippen LogP contribution in [0.25, 0.3) is 11.2 Å². The van der Waals surface area contributed by atoms with Crippen molar-refractivity contribution >= 4 is 52.0 Å². The number of hydrogen-bond donors (Lipinski definition) is 3. The molecule has 2 fully saturated rings. The van der Waals surface area contributed by atoms with Gasteiger partial charge in [0.15, 0.2) is 5.65 Å². The van der Waals surface area contributed by atoms with Crippen molar-refractivity contribution in [1.82, 2.24) is 29.3 Å². The standard InChI is InChI=1S/C37H49N9O3/c1-2-33(47)45-21-11-14-31(27-45)46-35-32(41-37(46)40-28-12-7-6-8-13-28)26-38-36(42-35)39-29-16-18-30(19-17-29)44-24-22-43(23-25-44)20-10-5-3-4-9-15-34(48)49/h6-8,12-13,16-19,26,31H,2-5,9-11,14-15,20-25,27H2,1H3,(H,40,41)(H,48,49)(H,38,39,42)/t31-/m0/s1. The van der Waals surface area contributed by atoms with Gasteiger partial charge in [0.25, 0.3) is 0 Å². The summed E-state index contributed by atoms with van der Waals surface area (Å²) in [5.41, 5.74) is 4.49. The molecule has 4 heterocycles. The number of piperazine rings is 1. The molecule has 1 atom stereocenters. The Labute approximate surface area is 288 Å². The summed E-state index contributed by atoms with van der Waals surface area (Å²) in [5, 5.41) is 15.7. The lowest BCUT2D eigenvalue weighted by atomic mass is 10.1. The first-order chi connectivity index (χ1) is 24.0. The number of imidazole rings is 1. The molecule has 12 nitrogen and oxygen atoms in total. The summed E-state index contributed by atoms with van der Waals surface area (Å²) in [5.74, 6) is 0.675. The maximum atomic E-state index is 12.6. The number of nitrogens with zero attached hydrogens (tertiary/aromatic N) is 7. The van der Waals surface area contributed by atoms with Crippen molar-refractivity contribution in [2.24, 2.45) is 0 Å². The lowest BCUT2D eigenvalue weighted by molar-refractivity contribution is -0.137. The third-order valence-corrected chi connectivity index (χ3v) is 9.61. The van der Waals surface area contributed by atoms with Crippen molar-refractivity contribution in [3.63, 3.8) is 0 Å². The van der Waals surface area contributed by atoms with Gasteiger partial charge in [-0.1, -0.05) is 44.4 Å². The van der Waals surface area contributed by atoms with Crippen LogP contribution in [-0.2, 0) is 9.59 Å². The Kier molecular flexibility index (Phi) is 11.6. The minimum absolute atomic E-state index is 0.0402. The molecule has 2 aromatic carbocycles. The number of carbonyl (C=O) groups excluding carboxylic acids is 1. The van der Waals surface area contributed by atoms with Gasteiger partial charge in [-0.25, -0.2) is 9.97 Å². The number of carboxylic acid groups (broad SMARTS) is 1. The molecule has 3 N–H and O–H groups in total. The number of carbonyl (C=O) groups is 2. The molecule has 2 aromatic heterocycles. The second-order valence-corrected chi connectivity index (χ2v) is 13.1. The van der Waals surface area contributed by atoms with Crippen molar-refractivity contribution in [2.45, 2.75) is 70.8 Å². The van der Waals surface area contributed by atoms with Crippen molar-refractivity contribution in [3.8, 4) is 0 Å². The quantitative estimate of drug-likeness (QED) is 0.122. The number of nitrogens with one attached hydrogen (secondary N) is 2. The fourth-order valence-corrected chi connectivity index (χ4v) is 6.91. The second kappa shape index (κ2) is 16.6. The van der Waals surface area contributed by atoms with E-state index in [1.807, 2.05) is 42.2 Å². The number of unbranched alkanes of at least 4 members (excludes halogenated alkanes) is 4. The number of aliphatic carboxylic acids is 1. The molecular formula is C37H49N9O3. The van der Waals surface area contributed by atoms with Crippen molar-refractivity contribution in [1.29, 1.82) is 0 Å². The highest BCUT2D eigenvalue weighted by molar-refractivity contribution is 5.78. The molecule has 0 spiro atoms. The van der Waals surface area contributed by atoms with E-state index in [1.54, 1.807) is 6.20 Å². The average Bonchev–Trinajstić information content (AvgIpc) is 3.48. The minimum atomic E-state index is -0.694. The van der Waals surface area contributed by atoms with Crippen LogP contribution in [0.2, 0.25) is 0 Å². The molecule has 2 aliphatic rings. The van der Waals surface area contributed by atoms with Gasteiger partial charge < -0.3 is 25.5 Å². The molecule has 12 heteroatoms. The molecule has 0 saturated carbocycles. The van der Waals surface area contributed by atoms with Crippen LogP contribution in [-0.4, -0.2) is 92.1 Å². The number of carboxylic acids is 1. The molecule has 0 radical (unpaired) electrons. The van der Waals surface area contributed by atoms with Gasteiger partial charge in [0, 0.05) is 69.2 Å². The summed E-state index contributed by atoms with van der Waals surface area (Å²) in [7, 11) is 0. The Morgan fingerprint density at radius 2 is 1.59 bits per heavy atom. The van der Waals surface area contributed by atoms with E-state index in [0.717, 1.165) is 94.8 Å². The van der Waals surface area contributed by atoms with Crippen LogP contribution in [0, 0.1) is 0 Å². The number of benzene rings is 2. The van der Waals surface area contributed by atoms with Gasteiger partial charge in [-0.2, -0.15) is 4.98 Å². The Morgan fingerprint density at radius 1 is 0.857 bits per heavy atom. The molecule has 4 aromatic rings. The third-order valence-electron chi connectivity index (χ3n) is 9.61. The normalized spacial score (nSPS) is 17.0. The molecular weight excluding hydrogens is 618 g/mol. The number of piperidine rings is 1. The van der Waals surface area contributed by atoms with Crippen LogP contribution in [0.1, 0.15) is 70.8 Å². The SMILES string of the molecule is CCC(=O)N1CCC[C@H](n2c(Nc3ccccc3)nc3cnc(Nc4ccc(N5CCN(CCCCCCCC(=O)O)CC5)cc4)nc32)C1. The fourth-order valence-electron chi connectivity index (χ4n) is 6.91. The predicted molar refractivity (Wildman–Crippen MR) is 194 cm³/mol. The van der Waals surface area contributed by atoms with Crippen LogP contribution >= 0.6 is 0 Å². The number of rotatable bonds is 15. The van der Waals surface area contributed by atoms with Gasteiger partial charge in [0.2, 0.25) is 17.8 Å². The number of fused-ring (bicyclic) bond motifs is 1. The topological polar surface area (TPSA) is 132 Å². The zero-order valence-corrected chi connectivity index (χ0v) is 28.6. The number of amides is 1. The highest BCUT2D eigenvalue weighted by atomic mass is 16.4. The van der Waals surface area contributed by atoms with E-state index in [9.17, 15) is 9.59 Å². The first-order valence-corrected chi connectivity index (χ1v) is 17.9. The van der Waals surface area contributed by atoms with Gasteiger partial charge >= 0.3 is 5.97 Å². The molecule has 0 unspecified atom stereocenters. The lowest BCUT2D eigenvalue weighted by Gasteiger charge is -2.36. The summed E-state index contributed by atoms with van der Waals surface area (Å²) in [4.78, 5) is 44.7. The minimum Gasteiger partial charge on any atom is -0.481 e. The molecule has 0 bridgehead atoms. The first kappa shape index (κ1) is 34.2. The molecule has 2 saturated heterocycles. The fraction of sp³-hybridized carbons (Fsp3) is 0.486. The molecule has 0 aliphatic carbocycles. The maximum absolute atomic E-state index is 12.6. The summed E-state index contributed by atoms with van der Waals surface area (Å²) in [6.45, 7) is 8.52. The zero-order valence-electron chi connectivity index (χ0n) is 28.6. The van der Waals surface area contributed by atoms with Crippen molar-refractivity contribution < 1.29 is 14.7 Å². The monoisotopic (exact) mass is 667 g/mol. The van der Waals surface area contributed by atoms with Gasteiger partial charge in [-0.05, 0) is 68.6 Å². The van der Waals surface area contributed by atoms with Crippen LogP contribution in [0.3, 0.4) is 0 Å². The Morgan fingerprint density at radius 3 is 2.35 bits per heavy atom. The molecule has 6 rings (SSSR count). The van der Waals surface area contributed by atoms with Gasteiger partial charge in [-0.3, -0.25) is 19.1 Å². The van der Waals surface area contributed by atoms with Crippen molar-refractivity contribution in [3.05, 3.63) is 60.8 Å². The van der Waals surface area contributed by atoms with E-state index in [2.05, 4.69) is 54.2 Å². The number of hydrogen-bond acceptors (Lipinski definition) is 9. The van der Waals surface area contributed by atoms with E-state index in [4.69, 9.17) is 15.1 Å². The Balaban J connectivity index is 1.08. The van der Waals surface area contributed by atoms with Crippen LogP contribution in [0.5, 0.6) is 0 Å². The average molecular weight is 668 g/mol. The van der Waals surface area contributed by atoms with Gasteiger partial charge in [0.05, 0.1) is 12.2 Å². The van der Waals surface area contributed by atoms with Crippen LogP contribution < -0.4 is 15.5 Å². The number of likely N-dealkylation sites (tertiary alicyclic amines) is 1. The van der Waals surface area contributed by atoms with E-state index in [0.29, 0.717) is 30.4 Å². The number of aromatic nitrogens is 4. The highest BCUT2D eigenvalue weighted by Crippen LogP contribution is 2.32. The van der Waals surface area contributed by atoms with Crippen molar-refractivity contribution in [2.75, 3.05) is 61.3 Å². The zero-order chi connectivity index (χ0) is 34.0. The Hall–Kier alpha value is -4.71. The lowest BCUT2D eigenvalue weighted by Crippen LogP contribution is -2.46. The number of anilines is 5. The smallest absolute Gasteiger partial charge is 0.303 e. The molecule has 2 aliphatic heterocycles. The van der Waals surface area contributed by atoms with E-state index in [1.165, 1.54) is 12.1 Å². The summed E-state index contributed by atoms with van der Waals surface area (Å²) >= 11 is 0. The second-order valence-electron chi connectivity index (χ2n) is 13.1. The highest BCUT2D eigenvalue weighted by Gasteiger charge is 2.28. The summed E-state index contributed by atoms with van der Waals surface area (Å²) in [6.07, 6.45) is 9.65. The van der Waals surface area contributed by atoms with E-state index < -0.39 is 5.97 Å². The van der Waals surface area contributed by atoms with Gasteiger partial charge in [-0.15, -0.1) is 0 Å². The van der Waals surface area contributed by atoms with E-state index in [-0.39, 0.29) is 18.4 Å².